The van der Waals surface area contributed by atoms with Gasteiger partial charge in [-0.3, -0.25) is 4.79 Å². The largest absolute Gasteiger partial charge is 0.496 e. The minimum atomic E-state index is -0.286. The first-order valence-electron chi connectivity index (χ1n) is 5.95. The second-order valence-corrected chi connectivity index (χ2v) is 4.45. The highest BCUT2D eigenvalue weighted by Gasteiger charge is 2.27. The van der Waals surface area contributed by atoms with Gasteiger partial charge in [0.2, 0.25) is 0 Å². The Hall–Kier alpha value is -1.35. The van der Waals surface area contributed by atoms with Gasteiger partial charge >= 0.3 is 0 Å². The van der Waals surface area contributed by atoms with Gasteiger partial charge in [0.1, 0.15) is 11.9 Å². The molecular formula is C14H18O3. The minimum absolute atomic E-state index is 0.0439. The third kappa shape index (κ3) is 2.20. The van der Waals surface area contributed by atoms with E-state index in [2.05, 4.69) is 0 Å². The van der Waals surface area contributed by atoms with Crippen LogP contribution < -0.4 is 4.74 Å². The van der Waals surface area contributed by atoms with E-state index in [1.165, 1.54) is 0 Å². The van der Waals surface area contributed by atoms with E-state index in [1.807, 2.05) is 26.0 Å². The van der Waals surface area contributed by atoms with E-state index in [0.717, 1.165) is 24.0 Å². The van der Waals surface area contributed by atoms with Crippen molar-refractivity contribution in [3.05, 3.63) is 28.8 Å². The molecule has 0 bridgehead atoms. The van der Waals surface area contributed by atoms with Gasteiger partial charge in [0.05, 0.1) is 12.7 Å². The molecule has 1 unspecified atom stereocenters. The molecule has 0 amide bonds. The van der Waals surface area contributed by atoms with Gasteiger partial charge in [-0.2, -0.15) is 0 Å². The molecule has 0 aromatic heterocycles. The number of Topliss-reactive ketones (excluding diaryl/α,β-unsaturated/α-hetero) is 1. The van der Waals surface area contributed by atoms with Crippen LogP contribution >= 0.6 is 0 Å². The van der Waals surface area contributed by atoms with E-state index in [4.69, 9.17) is 9.47 Å². The smallest absolute Gasteiger partial charge is 0.195 e. The molecule has 1 aromatic rings. The molecule has 1 fully saturated rings. The van der Waals surface area contributed by atoms with Crippen molar-refractivity contribution in [1.82, 2.24) is 0 Å². The number of hydrogen-bond acceptors (Lipinski definition) is 3. The fourth-order valence-corrected chi connectivity index (χ4v) is 2.21. The second kappa shape index (κ2) is 4.88. The van der Waals surface area contributed by atoms with Crippen LogP contribution in [-0.4, -0.2) is 25.6 Å². The highest BCUT2D eigenvalue weighted by molar-refractivity contribution is 6.02. The molecule has 0 spiro atoms. The average Bonchev–Trinajstić information content (AvgIpc) is 2.85. The number of carbonyl (C=O) groups excluding carboxylic acids is 1. The second-order valence-electron chi connectivity index (χ2n) is 4.45. The summed E-state index contributed by atoms with van der Waals surface area (Å²) in [6, 6.07) is 3.80. The summed E-state index contributed by atoms with van der Waals surface area (Å²) in [6.07, 6.45) is 1.49. The number of rotatable bonds is 3. The molecule has 1 saturated heterocycles. The van der Waals surface area contributed by atoms with E-state index in [9.17, 15) is 4.79 Å². The van der Waals surface area contributed by atoms with Crippen molar-refractivity contribution < 1.29 is 14.3 Å². The molecule has 0 radical (unpaired) electrons. The van der Waals surface area contributed by atoms with Gasteiger partial charge in [-0.15, -0.1) is 0 Å². The summed E-state index contributed by atoms with van der Waals surface area (Å²) in [5.74, 6) is 0.730. The summed E-state index contributed by atoms with van der Waals surface area (Å²) in [5.41, 5.74) is 2.80. The Bertz CT molecular complexity index is 431. The van der Waals surface area contributed by atoms with Crippen LogP contribution in [-0.2, 0) is 4.74 Å². The molecule has 1 aromatic carbocycles. The maximum Gasteiger partial charge on any atom is 0.195 e. The van der Waals surface area contributed by atoms with E-state index < -0.39 is 0 Å². The van der Waals surface area contributed by atoms with E-state index >= 15 is 0 Å². The van der Waals surface area contributed by atoms with Crippen LogP contribution in [0.1, 0.15) is 34.3 Å². The number of carbonyl (C=O) groups is 1. The predicted octanol–water partition coefficient (Wildman–Crippen LogP) is 2.67. The van der Waals surface area contributed by atoms with Gasteiger partial charge in [-0.25, -0.2) is 0 Å². The van der Waals surface area contributed by atoms with Crippen LogP contribution in [0.5, 0.6) is 5.75 Å². The number of methoxy groups -OCH3 is 1. The summed E-state index contributed by atoms with van der Waals surface area (Å²) < 4.78 is 10.8. The van der Waals surface area contributed by atoms with Crippen LogP contribution in [0.3, 0.4) is 0 Å². The van der Waals surface area contributed by atoms with E-state index in [0.29, 0.717) is 17.9 Å². The third-order valence-corrected chi connectivity index (χ3v) is 3.37. The fraction of sp³-hybridized carbons (Fsp3) is 0.500. The van der Waals surface area contributed by atoms with Crippen molar-refractivity contribution in [2.24, 2.45) is 0 Å². The van der Waals surface area contributed by atoms with Crippen LogP contribution in [0, 0.1) is 13.8 Å². The molecule has 1 atom stereocenters. The molecule has 1 aliphatic heterocycles. The topological polar surface area (TPSA) is 35.5 Å². The van der Waals surface area contributed by atoms with Gasteiger partial charge in [-0.1, -0.05) is 6.07 Å². The van der Waals surface area contributed by atoms with Gasteiger partial charge in [-0.05, 0) is 43.9 Å². The lowest BCUT2D eigenvalue weighted by Gasteiger charge is -2.15. The highest BCUT2D eigenvalue weighted by atomic mass is 16.5. The Kier molecular flexibility index (Phi) is 3.48. The highest BCUT2D eigenvalue weighted by Crippen LogP contribution is 2.29. The molecular weight excluding hydrogens is 216 g/mol. The maximum atomic E-state index is 12.3. The number of ketones is 1. The Morgan fingerprint density at radius 2 is 2.18 bits per heavy atom. The average molecular weight is 234 g/mol. The Morgan fingerprint density at radius 3 is 2.76 bits per heavy atom. The molecule has 1 aliphatic rings. The van der Waals surface area contributed by atoms with Crippen molar-refractivity contribution >= 4 is 5.78 Å². The minimum Gasteiger partial charge on any atom is -0.496 e. The third-order valence-electron chi connectivity index (χ3n) is 3.37. The van der Waals surface area contributed by atoms with Crippen LogP contribution in [0.4, 0.5) is 0 Å². The van der Waals surface area contributed by atoms with E-state index in [1.54, 1.807) is 7.11 Å². The number of ether oxygens (including phenoxy) is 2. The summed E-state index contributed by atoms with van der Waals surface area (Å²) in [7, 11) is 1.61. The van der Waals surface area contributed by atoms with Crippen LogP contribution in [0.15, 0.2) is 12.1 Å². The molecule has 17 heavy (non-hydrogen) atoms. The molecule has 0 N–H and O–H groups in total. The summed E-state index contributed by atoms with van der Waals surface area (Å²) in [4.78, 5) is 12.3. The van der Waals surface area contributed by atoms with Crippen molar-refractivity contribution in [3.8, 4) is 5.75 Å². The van der Waals surface area contributed by atoms with Crippen LogP contribution in [0.2, 0.25) is 0 Å². The number of benzene rings is 1. The number of aryl methyl sites for hydroxylation is 1. The van der Waals surface area contributed by atoms with Gasteiger partial charge in [0, 0.05) is 6.61 Å². The molecule has 92 valence electrons. The first kappa shape index (κ1) is 12.1. The molecule has 3 nitrogen and oxygen atoms in total. The monoisotopic (exact) mass is 234 g/mol. The lowest BCUT2D eigenvalue weighted by atomic mass is 9.98. The summed E-state index contributed by atoms with van der Waals surface area (Å²) in [5, 5.41) is 0. The molecule has 0 saturated carbocycles. The van der Waals surface area contributed by atoms with Gasteiger partial charge in [0.15, 0.2) is 5.78 Å². The van der Waals surface area contributed by atoms with Gasteiger partial charge in [0.25, 0.3) is 0 Å². The molecule has 0 aliphatic carbocycles. The zero-order chi connectivity index (χ0) is 12.4. The first-order chi connectivity index (χ1) is 8.15. The maximum absolute atomic E-state index is 12.3. The molecule has 2 rings (SSSR count). The normalized spacial score (nSPS) is 19.4. The number of hydrogen-bond donors (Lipinski definition) is 0. The van der Waals surface area contributed by atoms with E-state index in [-0.39, 0.29) is 11.9 Å². The lowest BCUT2D eigenvalue weighted by molar-refractivity contribution is 0.0640. The summed E-state index contributed by atoms with van der Waals surface area (Å²) in [6.45, 7) is 4.67. The zero-order valence-electron chi connectivity index (χ0n) is 10.6. The first-order valence-corrected chi connectivity index (χ1v) is 5.95. The zero-order valence-corrected chi connectivity index (χ0v) is 10.6. The fourth-order valence-electron chi connectivity index (χ4n) is 2.21. The quantitative estimate of drug-likeness (QED) is 0.754. The Balaban J connectivity index is 2.37. The van der Waals surface area contributed by atoms with Crippen molar-refractivity contribution in [3.63, 3.8) is 0 Å². The standard InChI is InChI=1S/C14H18O3/c1-9-6-7-11(14(16-3)10(9)2)13(15)12-5-4-8-17-12/h6-7,12H,4-5,8H2,1-3H3. The van der Waals surface area contributed by atoms with Crippen molar-refractivity contribution in [2.45, 2.75) is 32.8 Å². The van der Waals surface area contributed by atoms with Gasteiger partial charge < -0.3 is 9.47 Å². The SMILES string of the molecule is COc1c(C(=O)C2CCCO2)ccc(C)c1C. The van der Waals surface area contributed by atoms with Crippen molar-refractivity contribution in [2.75, 3.05) is 13.7 Å². The molecule has 3 heteroatoms. The van der Waals surface area contributed by atoms with Crippen LogP contribution in [0.25, 0.3) is 0 Å². The van der Waals surface area contributed by atoms with Crippen molar-refractivity contribution in [1.29, 1.82) is 0 Å². The Morgan fingerprint density at radius 1 is 1.41 bits per heavy atom. The summed E-state index contributed by atoms with van der Waals surface area (Å²) >= 11 is 0. The predicted molar refractivity (Wildman–Crippen MR) is 65.8 cm³/mol. The Labute approximate surface area is 102 Å². The molecule has 1 heterocycles. The lowest BCUT2D eigenvalue weighted by Crippen LogP contribution is -2.20.